The van der Waals surface area contributed by atoms with Gasteiger partial charge in [0, 0.05) is 30.6 Å². The standard InChI is InChI=1S/C14H23N3O2S2/c1-10-14(20-11(2)15-10)9-17-7-5-12(6-8-17)16-21(18,19)13-3-4-13/h12-13,16H,3-9H2,1-2H3. The van der Waals surface area contributed by atoms with Crippen molar-refractivity contribution in [3.05, 3.63) is 15.6 Å². The van der Waals surface area contributed by atoms with Gasteiger partial charge >= 0.3 is 0 Å². The molecule has 0 bridgehead atoms. The van der Waals surface area contributed by atoms with Gasteiger partial charge in [-0.15, -0.1) is 11.3 Å². The highest BCUT2D eigenvalue weighted by Crippen LogP contribution is 2.28. The summed E-state index contributed by atoms with van der Waals surface area (Å²) in [6.45, 7) is 6.96. The molecule has 0 atom stereocenters. The van der Waals surface area contributed by atoms with Gasteiger partial charge in [0.2, 0.25) is 10.0 Å². The maximum atomic E-state index is 11.9. The second kappa shape index (κ2) is 5.95. The summed E-state index contributed by atoms with van der Waals surface area (Å²) in [7, 11) is -3.04. The summed E-state index contributed by atoms with van der Waals surface area (Å²) in [5.74, 6) is 0. The highest BCUT2D eigenvalue weighted by Gasteiger charge is 2.37. The number of likely N-dealkylation sites (tertiary alicyclic amines) is 1. The Labute approximate surface area is 130 Å². The van der Waals surface area contributed by atoms with Gasteiger partial charge < -0.3 is 0 Å². The SMILES string of the molecule is Cc1nc(C)c(CN2CCC(NS(=O)(=O)C3CC3)CC2)s1. The molecule has 1 saturated carbocycles. The molecule has 2 fully saturated rings. The Hall–Kier alpha value is -0.500. The van der Waals surface area contributed by atoms with Crippen molar-refractivity contribution in [1.82, 2.24) is 14.6 Å². The van der Waals surface area contributed by atoms with Crippen LogP contribution in [0.4, 0.5) is 0 Å². The van der Waals surface area contributed by atoms with Gasteiger partial charge in [0.05, 0.1) is 16.0 Å². The molecule has 21 heavy (non-hydrogen) atoms. The number of rotatable bonds is 5. The molecule has 0 amide bonds. The lowest BCUT2D eigenvalue weighted by Gasteiger charge is -2.32. The van der Waals surface area contributed by atoms with Crippen molar-refractivity contribution in [2.45, 2.75) is 57.4 Å². The quantitative estimate of drug-likeness (QED) is 0.895. The summed E-state index contributed by atoms with van der Waals surface area (Å²) >= 11 is 1.77. The van der Waals surface area contributed by atoms with Gasteiger partial charge in [0.25, 0.3) is 0 Å². The fourth-order valence-corrected chi connectivity index (χ4v) is 5.47. The third-order valence-corrected chi connectivity index (χ3v) is 7.32. The second-order valence-electron chi connectivity index (χ2n) is 6.15. The van der Waals surface area contributed by atoms with Gasteiger partial charge in [-0.25, -0.2) is 18.1 Å². The predicted molar refractivity (Wildman–Crippen MR) is 85.0 cm³/mol. The first-order valence-corrected chi connectivity index (χ1v) is 9.97. The predicted octanol–water partition coefficient (Wildman–Crippen LogP) is 1.81. The summed E-state index contributed by atoms with van der Waals surface area (Å²) in [5.41, 5.74) is 1.13. The van der Waals surface area contributed by atoms with Crippen LogP contribution < -0.4 is 4.72 Å². The van der Waals surface area contributed by atoms with Crippen LogP contribution in [0.25, 0.3) is 0 Å². The van der Waals surface area contributed by atoms with Crippen molar-refractivity contribution in [2.75, 3.05) is 13.1 Å². The van der Waals surface area contributed by atoms with E-state index in [1.165, 1.54) is 4.88 Å². The molecule has 0 unspecified atom stereocenters. The Balaban J connectivity index is 1.50. The molecule has 3 rings (SSSR count). The molecule has 1 aliphatic carbocycles. The normalized spacial score (nSPS) is 21.8. The summed E-state index contributed by atoms with van der Waals surface area (Å²) in [6.07, 6.45) is 3.47. The molecule has 2 aliphatic rings. The van der Waals surface area contributed by atoms with Crippen molar-refractivity contribution in [2.24, 2.45) is 0 Å². The number of aromatic nitrogens is 1. The Kier molecular flexibility index (Phi) is 4.36. The van der Waals surface area contributed by atoms with Crippen LogP contribution in [-0.4, -0.2) is 42.7 Å². The van der Waals surface area contributed by atoms with Gasteiger partial charge in [-0.05, 0) is 39.5 Å². The highest BCUT2D eigenvalue weighted by molar-refractivity contribution is 7.90. The topological polar surface area (TPSA) is 62.3 Å². The second-order valence-corrected chi connectivity index (χ2v) is 9.43. The molecule has 7 heteroatoms. The molecule has 0 spiro atoms. The average molecular weight is 329 g/mol. The molecule has 1 aromatic heterocycles. The minimum Gasteiger partial charge on any atom is -0.298 e. The zero-order valence-electron chi connectivity index (χ0n) is 12.6. The van der Waals surface area contributed by atoms with E-state index in [0.717, 1.165) is 56.0 Å². The smallest absolute Gasteiger partial charge is 0.214 e. The third-order valence-electron chi connectivity index (χ3n) is 4.25. The van der Waals surface area contributed by atoms with Gasteiger partial charge in [-0.1, -0.05) is 0 Å². The fraction of sp³-hybridized carbons (Fsp3) is 0.786. The summed E-state index contributed by atoms with van der Waals surface area (Å²) in [4.78, 5) is 8.21. The van der Waals surface area contributed by atoms with Gasteiger partial charge in [-0.3, -0.25) is 4.90 Å². The summed E-state index contributed by atoms with van der Waals surface area (Å²) in [6, 6.07) is 0.121. The molecular weight excluding hydrogens is 306 g/mol. The first kappa shape index (κ1) is 15.4. The van der Waals surface area contributed by atoms with Crippen molar-refractivity contribution in [3.63, 3.8) is 0 Å². The van der Waals surface area contributed by atoms with E-state index >= 15 is 0 Å². The molecule has 1 N–H and O–H groups in total. The van der Waals surface area contributed by atoms with Gasteiger partial charge in [0.15, 0.2) is 0 Å². The number of nitrogens with zero attached hydrogens (tertiary/aromatic N) is 2. The van der Waals surface area contributed by atoms with Crippen LogP contribution in [0.5, 0.6) is 0 Å². The van der Waals surface area contributed by atoms with E-state index in [-0.39, 0.29) is 11.3 Å². The summed E-state index contributed by atoms with van der Waals surface area (Å²) < 4.78 is 26.8. The van der Waals surface area contributed by atoms with E-state index < -0.39 is 10.0 Å². The number of nitrogens with one attached hydrogen (secondary N) is 1. The molecule has 2 heterocycles. The van der Waals surface area contributed by atoms with Gasteiger partial charge in [-0.2, -0.15) is 0 Å². The Morgan fingerprint density at radius 3 is 2.43 bits per heavy atom. The molecular formula is C14H23N3O2S2. The van der Waals surface area contributed by atoms with Crippen molar-refractivity contribution in [1.29, 1.82) is 0 Å². The van der Waals surface area contributed by atoms with Crippen LogP contribution in [0.2, 0.25) is 0 Å². The maximum Gasteiger partial charge on any atom is 0.214 e. The zero-order valence-corrected chi connectivity index (χ0v) is 14.3. The molecule has 1 aromatic rings. The number of hydrogen-bond donors (Lipinski definition) is 1. The number of thiazole rings is 1. The molecule has 5 nitrogen and oxygen atoms in total. The van der Waals surface area contributed by atoms with E-state index in [2.05, 4.69) is 21.5 Å². The van der Waals surface area contributed by atoms with Crippen LogP contribution in [0.3, 0.4) is 0 Å². The van der Waals surface area contributed by atoms with E-state index in [9.17, 15) is 8.42 Å². The lowest BCUT2D eigenvalue weighted by molar-refractivity contribution is 0.201. The first-order valence-electron chi connectivity index (χ1n) is 7.60. The fourth-order valence-electron chi connectivity index (χ4n) is 2.84. The lowest BCUT2D eigenvalue weighted by Crippen LogP contribution is -2.45. The summed E-state index contributed by atoms with van der Waals surface area (Å²) in [5, 5.41) is 1.01. The third kappa shape index (κ3) is 3.83. The largest absolute Gasteiger partial charge is 0.298 e. The number of hydrogen-bond acceptors (Lipinski definition) is 5. The van der Waals surface area contributed by atoms with Crippen LogP contribution >= 0.6 is 11.3 Å². The monoisotopic (exact) mass is 329 g/mol. The number of aryl methyl sites for hydroxylation is 2. The zero-order chi connectivity index (χ0) is 15.0. The van der Waals surface area contributed by atoms with E-state index in [4.69, 9.17) is 0 Å². The Bertz CT molecular complexity index is 600. The van der Waals surface area contributed by atoms with E-state index in [1.54, 1.807) is 11.3 Å². The van der Waals surface area contributed by atoms with E-state index in [1.807, 2.05) is 6.92 Å². The van der Waals surface area contributed by atoms with Crippen LogP contribution in [0.15, 0.2) is 0 Å². The number of piperidine rings is 1. The average Bonchev–Trinajstić information content (AvgIpc) is 3.20. The molecule has 1 saturated heterocycles. The minimum absolute atomic E-state index is 0.113. The van der Waals surface area contributed by atoms with Crippen molar-refractivity contribution < 1.29 is 8.42 Å². The molecule has 0 aromatic carbocycles. The highest BCUT2D eigenvalue weighted by atomic mass is 32.2. The maximum absolute atomic E-state index is 11.9. The molecule has 118 valence electrons. The van der Waals surface area contributed by atoms with Crippen molar-refractivity contribution in [3.8, 4) is 0 Å². The van der Waals surface area contributed by atoms with E-state index in [0.29, 0.717) is 0 Å². The molecule has 0 radical (unpaired) electrons. The Morgan fingerprint density at radius 2 is 1.90 bits per heavy atom. The van der Waals surface area contributed by atoms with Gasteiger partial charge in [0.1, 0.15) is 0 Å². The van der Waals surface area contributed by atoms with Crippen LogP contribution in [0, 0.1) is 13.8 Å². The minimum atomic E-state index is -3.04. The first-order chi connectivity index (χ1) is 9.94. The van der Waals surface area contributed by atoms with Crippen LogP contribution in [-0.2, 0) is 16.6 Å². The van der Waals surface area contributed by atoms with Crippen molar-refractivity contribution >= 4 is 21.4 Å². The number of sulfonamides is 1. The lowest BCUT2D eigenvalue weighted by atomic mass is 10.1. The molecule has 1 aliphatic heterocycles. The van der Waals surface area contributed by atoms with Crippen LogP contribution in [0.1, 0.15) is 41.3 Å². The Morgan fingerprint density at radius 1 is 1.24 bits per heavy atom.